The minimum atomic E-state index is -4.73. The van der Waals surface area contributed by atoms with Gasteiger partial charge in [0.05, 0.1) is 23.6 Å². The van der Waals surface area contributed by atoms with E-state index in [9.17, 15) is 13.2 Å². The van der Waals surface area contributed by atoms with Crippen LogP contribution in [0.15, 0.2) is 53.1 Å². The Hall–Kier alpha value is -2.35. The lowest BCUT2D eigenvalue weighted by molar-refractivity contribution is -0.274. The Labute approximate surface area is 157 Å². The quantitative estimate of drug-likeness (QED) is 0.678. The normalized spacial score (nSPS) is 16.1. The molecule has 26 heavy (non-hydrogen) atoms. The van der Waals surface area contributed by atoms with Crippen LogP contribution in [0.2, 0.25) is 0 Å². The molecule has 1 aliphatic rings. The first-order valence-electron chi connectivity index (χ1n) is 7.73. The molecule has 1 aliphatic heterocycles. The van der Waals surface area contributed by atoms with Gasteiger partial charge >= 0.3 is 6.36 Å². The third kappa shape index (κ3) is 4.43. The summed E-state index contributed by atoms with van der Waals surface area (Å²) in [4.78, 5) is 0. The first-order valence-corrected chi connectivity index (χ1v) is 8.53. The van der Waals surface area contributed by atoms with E-state index in [1.807, 2.05) is 25.1 Å². The number of hydrogen-bond acceptors (Lipinski definition) is 4. The second-order valence-corrected chi connectivity index (χ2v) is 6.68. The van der Waals surface area contributed by atoms with Gasteiger partial charge in [0, 0.05) is 10.5 Å². The number of benzene rings is 2. The predicted octanol–water partition coefficient (Wildman–Crippen LogP) is 5.45. The zero-order chi connectivity index (χ0) is 18.9. The zero-order valence-electron chi connectivity index (χ0n) is 13.8. The number of fused-ring (bicyclic) bond motifs is 1. The molecule has 0 bridgehead atoms. The third-order valence-electron chi connectivity index (χ3n) is 3.74. The molecule has 2 aromatic rings. The van der Waals surface area contributed by atoms with Crippen LogP contribution in [0.4, 0.5) is 24.5 Å². The summed E-state index contributed by atoms with van der Waals surface area (Å²) in [6, 6.07) is 9.78. The Morgan fingerprint density at radius 3 is 2.77 bits per heavy atom. The van der Waals surface area contributed by atoms with E-state index >= 15 is 0 Å². The number of hydrogen-bond donors (Lipinski definition) is 2. The topological polar surface area (TPSA) is 42.5 Å². The van der Waals surface area contributed by atoms with Crippen molar-refractivity contribution in [2.75, 3.05) is 17.2 Å². The number of nitrogens with one attached hydrogen (secondary N) is 2. The highest BCUT2D eigenvalue weighted by Crippen LogP contribution is 2.36. The van der Waals surface area contributed by atoms with Crippen LogP contribution in [0.25, 0.3) is 0 Å². The van der Waals surface area contributed by atoms with Crippen molar-refractivity contribution in [1.29, 1.82) is 0 Å². The van der Waals surface area contributed by atoms with Gasteiger partial charge in [-0.05, 0) is 52.7 Å². The first kappa shape index (κ1) is 18.4. The van der Waals surface area contributed by atoms with E-state index in [0.717, 1.165) is 15.7 Å². The summed E-state index contributed by atoms with van der Waals surface area (Å²) < 4.78 is 47.6. The molecule has 0 saturated carbocycles. The van der Waals surface area contributed by atoms with Crippen LogP contribution in [0.5, 0.6) is 11.5 Å². The molecular formula is C18H16BrF3N2O2. The minimum Gasteiger partial charge on any atom is -0.480 e. The summed E-state index contributed by atoms with van der Waals surface area (Å²) in [5.41, 5.74) is 3.04. The van der Waals surface area contributed by atoms with Gasteiger partial charge in [-0.15, -0.1) is 13.2 Å². The molecule has 0 spiro atoms. The van der Waals surface area contributed by atoms with Crippen molar-refractivity contribution in [3.8, 4) is 11.5 Å². The van der Waals surface area contributed by atoms with Crippen LogP contribution in [-0.2, 0) is 0 Å². The molecule has 0 amide bonds. The highest BCUT2D eigenvalue weighted by atomic mass is 79.9. The van der Waals surface area contributed by atoms with Crippen LogP contribution in [0, 0.1) is 6.92 Å². The van der Waals surface area contributed by atoms with E-state index < -0.39 is 6.36 Å². The van der Waals surface area contributed by atoms with E-state index in [4.69, 9.17) is 4.74 Å². The maximum Gasteiger partial charge on any atom is 0.573 e. The van der Waals surface area contributed by atoms with Crippen LogP contribution < -0.4 is 20.1 Å². The van der Waals surface area contributed by atoms with Gasteiger partial charge in [0.15, 0.2) is 6.10 Å². The minimum absolute atomic E-state index is 0.300. The summed E-state index contributed by atoms with van der Waals surface area (Å²) >= 11 is 3.49. The molecule has 0 radical (unpaired) electrons. The molecule has 2 N–H and O–H groups in total. The maximum absolute atomic E-state index is 12.3. The summed E-state index contributed by atoms with van der Waals surface area (Å²) in [6.45, 7) is 6.36. The monoisotopic (exact) mass is 428 g/mol. The molecule has 0 saturated heterocycles. The standard InChI is InChI=1S/C18H16BrF3N2O2/c1-10-3-5-14(13(19)7-10)24-11(2)17-9-23-15-8-12(26-18(20,21)22)4-6-16(15)25-17/h3-8,17,23-24H,2,9H2,1H3. The van der Waals surface area contributed by atoms with Gasteiger partial charge < -0.3 is 20.1 Å². The molecule has 4 nitrogen and oxygen atoms in total. The maximum atomic E-state index is 12.3. The van der Waals surface area contributed by atoms with E-state index in [2.05, 4.69) is 37.9 Å². The van der Waals surface area contributed by atoms with Crippen molar-refractivity contribution >= 4 is 27.3 Å². The molecule has 8 heteroatoms. The van der Waals surface area contributed by atoms with Gasteiger partial charge in [-0.1, -0.05) is 12.6 Å². The van der Waals surface area contributed by atoms with Crippen LogP contribution in [0.1, 0.15) is 5.56 Å². The van der Waals surface area contributed by atoms with Gasteiger partial charge in [-0.25, -0.2) is 0 Å². The van der Waals surface area contributed by atoms with Crippen molar-refractivity contribution in [3.05, 3.63) is 58.7 Å². The predicted molar refractivity (Wildman–Crippen MR) is 97.7 cm³/mol. The molecule has 0 fully saturated rings. The van der Waals surface area contributed by atoms with Crippen molar-refractivity contribution in [2.24, 2.45) is 0 Å². The Balaban J connectivity index is 1.69. The van der Waals surface area contributed by atoms with Crippen molar-refractivity contribution in [1.82, 2.24) is 0 Å². The molecule has 1 unspecified atom stereocenters. The Kier molecular flexibility index (Phi) is 5.04. The lowest BCUT2D eigenvalue weighted by Crippen LogP contribution is -2.34. The van der Waals surface area contributed by atoms with Crippen molar-refractivity contribution < 1.29 is 22.6 Å². The van der Waals surface area contributed by atoms with Gasteiger partial charge in [0.2, 0.25) is 0 Å². The first-order chi connectivity index (χ1) is 12.2. The zero-order valence-corrected chi connectivity index (χ0v) is 15.4. The molecule has 2 aromatic carbocycles. The number of ether oxygens (including phenoxy) is 2. The van der Waals surface area contributed by atoms with Gasteiger partial charge in [0.25, 0.3) is 0 Å². The van der Waals surface area contributed by atoms with Crippen molar-refractivity contribution in [3.63, 3.8) is 0 Å². The largest absolute Gasteiger partial charge is 0.573 e. The fourth-order valence-electron chi connectivity index (χ4n) is 2.51. The van der Waals surface area contributed by atoms with Crippen molar-refractivity contribution in [2.45, 2.75) is 19.4 Å². The average Bonchev–Trinajstić information content (AvgIpc) is 2.55. The van der Waals surface area contributed by atoms with E-state index in [0.29, 0.717) is 23.7 Å². The fourth-order valence-corrected chi connectivity index (χ4v) is 3.11. The highest BCUT2D eigenvalue weighted by Gasteiger charge is 2.32. The van der Waals surface area contributed by atoms with Crippen LogP contribution in [-0.4, -0.2) is 19.0 Å². The molecule has 1 heterocycles. The highest BCUT2D eigenvalue weighted by molar-refractivity contribution is 9.10. The summed E-state index contributed by atoms with van der Waals surface area (Å²) in [7, 11) is 0. The second-order valence-electron chi connectivity index (χ2n) is 5.83. The number of rotatable bonds is 4. The van der Waals surface area contributed by atoms with Gasteiger partial charge in [0.1, 0.15) is 11.5 Å². The molecule has 0 aliphatic carbocycles. The number of anilines is 2. The second kappa shape index (κ2) is 7.11. The summed E-state index contributed by atoms with van der Waals surface area (Å²) in [5, 5.41) is 6.24. The summed E-state index contributed by atoms with van der Waals surface area (Å²) in [6.07, 6.45) is -5.11. The third-order valence-corrected chi connectivity index (χ3v) is 4.40. The molecule has 1 atom stereocenters. The number of halogens is 4. The number of aryl methyl sites for hydroxylation is 1. The Bertz CT molecular complexity index is 840. The molecule has 3 rings (SSSR count). The smallest absolute Gasteiger partial charge is 0.480 e. The van der Waals surface area contributed by atoms with Gasteiger partial charge in [-0.3, -0.25) is 0 Å². The molecular weight excluding hydrogens is 413 g/mol. The average molecular weight is 429 g/mol. The fraction of sp³-hybridized carbons (Fsp3) is 0.222. The van der Waals surface area contributed by atoms with E-state index in [-0.39, 0.29) is 11.9 Å². The van der Waals surface area contributed by atoms with Crippen LogP contribution in [0.3, 0.4) is 0 Å². The Morgan fingerprint density at radius 1 is 1.31 bits per heavy atom. The van der Waals surface area contributed by atoms with Gasteiger partial charge in [-0.2, -0.15) is 0 Å². The SMILES string of the molecule is C=C(Nc1ccc(C)cc1Br)C1CNc2cc(OC(F)(F)F)ccc2O1. The van der Waals surface area contributed by atoms with E-state index in [1.54, 1.807) is 0 Å². The summed E-state index contributed by atoms with van der Waals surface area (Å²) in [5.74, 6) is 0.132. The lowest BCUT2D eigenvalue weighted by atomic mass is 10.1. The van der Waals surface area contributed by atoms with Crippen LogP contribution >= 0.6 is 15.9 Å². The molecule has 138 valence electrons. The molecule has 0 aromatic heterocycles. The van der Waals surface area contributed by atoms with E-state index in [1.165, 1.54) is 18.2 Å². The lowest BCUT2D eigenvalue weighted by Gasteiger charge is -2.29. The number of alkyl halides is 3. The Morgan fingerprint density at radius 2 is 2.08 bits per heavy atom.